The van der Waals surface area contributed by atoms with Crippen LogP contribution in [-0.2, 0) is 26.2 Å². The first-order valence-electron chi connectivity index (χ1n) is 12.2. The first kappa shape index (κ1) is 23.8. The third-order valence-electron chi connectivity index (χ3n) is 6.33. The van der Waals surface area contributed by atoms with Crippen LogP contribution in [0.15, 0.2) is 70.6 Å². The highest BCUT2D eigenvalue weighted by molar-refractivity contribution is 5.90. The molecule has 8 heteroatoms. The molecule has 0 radical (unpaired) electrons. The smallest absolute Gasteiger partial charge is 0.153 e. The van der Waals surface area contributed by atoms with Crippen LogP contribution in [0.5, 0.6) is 11.5 Å². The lowest BCUT2D eigenvalue weighted by Crippen LogP contribution is -2.33. The molecule has 3 aromatic carbocycles. The van der Waals surface area contributed by atoms with Crippen molar-refractivity contribution in [2.75, 3.05) is 0 Å². The van der Waals surface area contributed by atoms with Gasteiger partial charge in [0.15, 0.2) is 12.2 Å². The summed E-state index contributed by atoms with van der Waals surface area (Å²) in [5, 5.41) is 6.99. The Labute approximate surface area is 211 Å². The van der Waals surface area contributed by atoms with Gasteiger partial charge < -0.3 is 31.6 Å². The van der Waals surface area contributed by atoms with Gasteiger partial charge in [0, 0.05) is 26.2 Å². The molecular weight excluding hydrogens is 452 g/mol. The number of aliphatic imine (C=N–C) groups is 2. The topological polar surface area (TPSA) is 119 Å². The number of nitrogens with one attached hydrogen (secondary N) is 2. The minimum absolute atomic E-state index is 0.183. The highest BCUT2D eigenvalue weighted by atomic mass is 16.5. The van der Waals surface area contributed by atoms with Gasteiger partial charge >= 0.3 is 0 Å². The van der Waals surface area contributed by atoms with Gasteiger partial charge in [-0.1, -0.05) is 36.4 Å². The van der Waals surface area contributed by atoms with Crippen molar-refractivity contribution in [3.8, 4) is 11.5 Å². The summed E-state index contributed by atoms with van der Waals surface area (Å²) in [4.78, 5) is 8.90. The standard InChI is InChI=1S/C28H32N6O2/c1-17-27(29)33-23-11-21(7-9-25(23)35-17)15-31-13-19-3-5-20(6-4-19)14-32-16-22-8-10-26-24(12-22)34-28(30)18(2)36-26/h3-12,17-18,31-32H,13-16H2,1-2H3,(H2,29,33)(H2,30,34). The lowest BCUT2D eigenvalue weighted by atomic mass is 10.1. The molecule has 0 bridgehead atoms. The van der Waals surface area contributed by atoms with E-state index in [0.717, 1.165) is 60.2 Å². The molecule has 2 heterocycles. The highest BCUT2D eigenvalue weighted by Crippen LogP contribution is 2.33. The summed E-state index contributed by atoms with van der Waals surface area (Å²) in [5.41, 5.74) is 18.2. The number of rotatable bonds is 8. The molecule has 186 valence electrons. The van der Waals surface area contributed by atoms with E-state index < -0.39 is 0 Å². The summed E-state index contributed by atoms with van der Waals surface area (Å²) in [6.45, 7) is 6.84. The van der Waals surface area contributed by atoms with Crippen LogP contribution >= 0.6 is 0 Å². The van der Waals surface area contributed by atoms with Crippen LogP contribution in [0.2, 0.25) is 0 Å². The molecule has 2 atom stereocenters. The highest BCUT2D eigenvalue weighted by Gasteiger charge is 2.19. The summed E-state index contributed by atoms with van der Waals surface area (Å²) in [6, 6.07) is 20.7. The van der Waals surface area contributed by atoms with Crippen LogP contribution < -0.4 is 31.6 Å². The average Bonchev–Trinajstić information content (AvgIpc) is 2.87. The number of benzene rings is 3. The largest absolute Gasteiger partial charge is 0.481 e. The van der Waals surface area contributed by atoms with Crippen LogP contribution in [0, 0.1) is 0 Å². The fraction of sp³-hybridized carbons (Fsp3) is 0.286. The molecular formula is C28H32N6O2. The van der Waals surface area contributed by atoms with Crippen LogP contribution in [0.1, 0.15) is 36.1 Å². The number of amidine groups is 2. The minimum Gasteiger partial charge on any atom is -0.481 e. The second kappa shape index (κ2) is 10.4. The second-order valence-electron chi connectivity index (χ2n) is 9.22. The molecule has 0 spiro atoms. The molecule has 8 nitrogen and oxygen atoms in total. The number of hydrogen-bond acceptors (Lipinski definition) is 8. The molecule has 3 aromatic rings. The zero-order valence-electron chi connectivity index (χ0n) is 20.6. The molecule has 0 saturated heterocycles. The van der Waals surface area contributed by atoms with E-state index in [-0.39, 0.29) is 12.2 Å². The van der Waals surface area contributed by atoms with Crippen LogP contribution in [0.4, 0.5) is 11.4 Å². The van der Waals surface area contributed by atoms with Gasteiger partial charge in [0.05, 0.1) is 0 Å². The summed E-state index contributed by atoms with van der Waals surface area (Å²) >= 11 is 0. The fourth-order valence-electron chi connectivity index (χ4n) is 4.16. The number of fused-ring (bicyclic) bond motifs is 2. The van der Waals surface area contributed by atoms with Gasteiger partial charge in [0.2, 0.25) is 0 Å². The number of nitrogens with two attached hydrogens (primary N) is 2. The maximum atomic E-state index is 5.92. The second-order valence-corrected chi connectivity index (χ2v) is 9.22. The van der Waals surface area contributed by atoms with E-state index in [1.165, 1.54) is 11.1 Å². The monoisotopic (exact) mass is 484 g/mol. The lowest BCUT2D eigenvalue weighted by Gasteiger charge is -2.21. The summed E-state index contributed by atoms with van der Waals surface area (Å²) < 4.78 is 11.5. The van der Waals surface area contributed by atoms with E-state index in [2.05, 4.69) is 57.0 Å². The minimum atomic E-state index is -0.183. The lowest BCUT2D eigenvalue weighted by molar-refractivity contribution is 0.281. The van der Waals surface area contributed by atoms with E-state index in [4.69, 9.17) is 20.9 Å². The maximum Gasteiger partial charge on any atom is 0.153 e. The Morgan fingerprint density at radius 1 is 0.611 bits per heavy atom. The van der Waals surface area contributed by atoms with Crippen molar-refractivity contribution in [2.45, 2.75) is 52.2 Å². The van der Waals surface area contributed by atoms with Gasteiger partial charge in [-0.2, -0.15) is 0 Å². The Morgan fingerprint density at radius 2 is 0.972 bits per heavy atom. The van der Waals surface area contributed by atoms with Gasteiger partial charge in [-0.05, 0) is 60.4 Å². The Morgan fingerprint density at radius 3 is 1.39 bits per heavy atom. The van der Waals surface area contributed by atoms with E-state index in [1.54, 1.807) is 0 Å². The predicted octanol–water partition coefficient (Wildman–Crippen LogP) is 3.81. The molecule has 0 saturated carbocycles. The molecule has 0 fully saturated rings. The van der Waals surface area contributed by atoms with Gasteiger partial charge in [-0.15, -0.1) is 0 Å². The summed E-state index contributed by atoms with van der Waals surface area (Å²) in [6.07, 6.45) is -0.367. The number of ether oxygens (including phenoxy) is 2. The molecule has 0 aromatic heterocycles. The van der Waals surface area contributed by atoms with Gasteiger partial charge in [-0.25, -0.2) is 9.98 Å². The van der Waals surface area contributed by atoms with Gasteiger partial charge in [0.1, 0.15) is 34.5 Å². The quantitative estimate of drug-likeness (QED) is 0.386. The third kappa shape index (κ3) is 5.50. The van der Waals surface area contributed by atoms with E-state index >= 15 is 0 Å². The van der Waals surface area contributed by atoms with Crippen LogP contribution in [0.3, 0.4) is 0 Å². The van der Waals surface area contributed by atoms with Crippen molar-refractivity contribution in [1.82, 2.24) is 10.6 Å². The average molecular weight is 485 g/mol. The van der Waals surface area contributed by atoms with Crippen molar-refractivity contribution in [3.05, 3.63) is 82.9 Å². The summed E-state index contributed by atoms with van der Waals surface area (Å²) in [7, 11) is 0. The molecule has 2 aliphatic heterocycles. The third-order valence-corrected chi connectivity index (χ3v) is 6.33. The van der Waals surface area contributed by atoms with Crippen molar-refractivity contribution in [3.63, 3.8) is 0 Å². The Kier molecular flexibility index (Phi) is 6.88. The number of nitrogens with zero attached hydrogens (tertiary/aromatic N) is 2. The SMILES string of the molecule is CC1Oc2ccc(CNCc3ccc(CNCc4ccc5c(c4)N=C(N)C(C)O5)cc3)cc2N=C1N. The summed E-state index contributed by atoms with van der Waals surface area (Å²) in [5.74, 6) is 2.57. The first-order chi connectivity index (χ1) is 17.4. The Hall–Kier alpha value is -3.88. The first-order valence-corrected chi connectivity index (χ1v) is 12.2. The van der Waals surface area contributed by atoms with Gasteiger partial charge in [0.25, 0.3) is 0 Å². The maximum absolute atomic E-state index is 5.92. The molecule has 0 aliphatic carbocycles. The molecule has 0 amide bonds. The predicted molar refractivity (Wildman–Crippen MR) is 143 cm³/mol. The molecule has 6 N–H and O–H groups in total. The van der Waals surface area contributed by atoms with Crippen molar-refractivity contribution in [2.24, 2.45) is 21.5 Å². The zero-order valence-corrected chi connectivity index (χ0v) is 20.6. The number of hydrogen-bond donors (Lipinski definition) is 4. The fourth-order valence-corrected chi connectivity index (χ4v) is 4.16. The molecule has 5 rings (SSSR count). The van der Waals surface area contributed by atoms with E-state index in [9.17, 15) is 0 Å². The molecule has 2 aliphatic rings. The van der Waals surface area contributed by atoms with Crippen LogP contribution in [-0.4, -0.2) is 23.9 Å². The molecule has 36 heavy (non-hydrogen) atoms. The Balaban J connectivity index is 1.08. The normalized spacial score (nSPS) is 18.3. The molecule has 2 unspecified atom stereocenters. The van der Waals surface area contributed by atoms with E-state index in [1.807, 2.05) is 38.1 Å². The van der Waals surface area contributed by atoms with Crippen LogP contribution in [0.25, 0.3) is 0 Å². The van der Waals surface area contributed by atoms with E-state index in [0.29, 0.717) is 11.7 Å². The zero-order chi connectivity index (χ0) is 25.1. The van der Waals surface area contributed by atoms with Crippen molar-refractivity contribution < 1.29 is 9.47 Å². The van der Waals surface area contributed by atoms with Crippen molar-refractivity contribution >= 4 is 23.0 Å². The van der Waals surface area contributed by atoms with Gasteiger partial charge in [-0.3, -0.25) is 0 Å². The van der Waals surface area contributed by atoms with Crippen molar-refractivity contribution in [1.29, 1.82) is 0 Å². The Bertz CT molecular complexity index is 1200.